The van der Waals surface area contributed by atoms with Crippen molar-refractivity contribution in [3.63, 3.8) is 0 Å². The normalized spacial score (nSPS) is 11.8. The Morgan fingerprint density at radius 3 is 2.17 bits per heavy atom. The van der Waals surface area contributed by atoms with Gasteiger partial charge >= 0.3 is 5.97 Å². The van der Waals surface area contributed by atoms with E-state index in [0.29, 0.717) is 5.56 Å². The Labute approximate surface area is 106 Å². The molecule has 0 aliphatic carbocycles. The number of esters is 1. The molecule has 0 aliphatic heterocycles. The predicted molar refractivity (Wildman–Crippen MR) is 67.6 cm³/mol. The zero-order valence-corrected chi connectivity index (χ0v) is 9.82. The molecule has 0 saturated heterocycles. The Kier molecular flexibility index (Phi) is 4.10. The van der Waals surface area contributed by atoms with Gasteiger partial charge in [-0.05, 0) is 11.1 Å². The predicted octanol–water partition coefficient (Wildman–Crippen LogP) is 2.46. The van der Waals surface area contributed by atoms with Gasteiger partial charge in [0.05, 0.1) is 0 Å². The van der Waals surface area contributed by atoms with Crippen molar-refractivity contribution < 1.29 is 14.6 Å². The topological polar surface area (TPSA) is 46.5 Å². The lowest BCUT2D eigenvalue weighted by molar-refractivity contribution is -0.155. The van der Waals surface area contributed by atoms with Gasteiger partial charge in [-0.3, -0.25) is 0 Å². The summed E-state index contributed by atoms with van der Waals surface area (Å²) in [6.07, 6.45) is -1.23. The van der Waals surface area contributed by atoms with Crippen LogP contribution in [0.15, 0.2) is 60.7 Å². The maximum absolute atomic E-state index is 11.6. The standard InChI is InChI=1S/C15H14O3/c16-14(13-9-5-2-6-10-13)15(17)18-11-12-7-3-1-4-8-12/h1-10,14,16H,11H2/t14-/m0/s1. The van der Waals surface area contributed by atoms with Crippen molar-refractivity contribution in [2.45, 2.75) is 12.7 Å². The quantitative estimate of drug-likeness (QED) is 0.838. The molecule has 18 heavy (non-hydrogen) atoms. The summed E-state index contributed by atoms with van der Waals surface area (Å²) < 4.78 is 5.06. The largest absolute Gasteiger partial charge is 0.459 e. The van der Waals surface area contributed by atoms with Gasteiger partial charge in [0.2, 0.25) is 0 Å². The van der Waals surface area contributed by atoms with Gasteiger partial charge in [0.1, 0.15) is 6.61 Å². The van der Waals surface area contributed by atoms with E-state index in [1.54, 1.807) is 24.3 Å². The molecule has 3 nitrogen and oxygen atoms in total. The minimum absolute atomic E-state index is 0.170. The third-order valence-corrected chi connectivity index (χ3v) is 2.56. The van der Waals surface area contributed by atoms with Crippen LogP contribution in [0.5, 0.6) is 0 Å². The van der Waals surface area contributed by atoms with Gasteiger partial charge in [-0.1, -0.05) is 60.7 Å². The molecule has 0 bridgehead atoms. The molecule has 0 aromatic heterocycles. The molecule has 0 saturated carbocycles. The fraction of sp³-hybridized carbons (Fsp3) is 0.133. The molecule has 2 aromatic rings. The van der Waals surface area contributed by atoms with Crippen LogP contribution in [-0.4, -0.2) is 11.1 Å². The number of rotatable bonds is 4. The highest BCUT2D eigenvalue weighted by molar-refractivity contribution is 5.76. The van der Waals surface area contributed by atoms with Gasteiger partial charge in [0, 0.05) is 0 Å². The third kappa shape index (κ3) is 3.18. The summed E-state index contributed by atoms with van der Waals surface area (Å²) in [5.41, 5.74) is 1.43. The summed E-state index contributed by atoms with van der Waals surface area (Å²) in [6, 6.07) is 18.1. The molecule has 0 spiro atoms. The summed E-state index contributed by atoms with van der Waals surface area (Å²) >= 11 is 0. The molecule has 0 unspecified atom stereocenters. The van der Waals surface area contributed by atoms with Crippen LogP contribution in [-0.2, 0) is 16.1 Å². The van der Waals surface area contributed by atoms with E-state index in [1.165, 1.54) is 0 Å². The van der Waals surface area contributed by atoms with Crippen molar-refractivity contribution in [2.75, 3.05) is 0 Å². The number of hydrogen-bond acceptors (Lipinski definition) is 3. The van der Waals surface area contributed by atoms with Crippen LogP contribution in [0.4, 0.5) is 0 Å². The van der Waals surface area contributed by atoms with E-state index >= 15 is 0 Å². The maximum Gasteiger partial charge on any atom is 0.339 e. The highest BCUT2D eigenvalue weighted by Gasteiger charge is 2.18. The Bertz CT molecular complexity index is 494. The molecule has 2 rings (SSSR count). The number of ether oxygens (including phenoxy) is 1. The van der Waals surface area contributed by atoms with E-state index in [2.05, 4.69) is 0 Å². The molecule has 0 fully saturated rings. The van der Waals surface area contributed by atoms with Crippen molar-refractivity contribution >= 4 is 5.97 Å². The highest BCUT2D eigenvalue weighted by atomic mass is 16.5. The first kappa shape index (κ1) is 12.3. The van der Waals surface area contributed by atoms with Crippen LogP contribution < -0.4 is 0 Å². The Morgan fingerprint density at radius 1 is 1.00 bits per heavy atom. The van der Waals surface area contributed by atoms with Crippen molar-refractivity contribution in [1.29, 1.82) is 0 Å². The SMILES string of the molecule is O=C(OCc1ccccc1)[C@@H](O)c1ccccc1. The highest BCUT2D eigenvalue weighted by Crippen LogP contribution is 2.14. The minimum Gasteiger partial charge on any atom is -0.459 e. The average Bonchev–Trinajstić information content (AvgIpc) is 2.46. The van der Waals surface area contributed by atoms with E-state index in [4.69, 9.17) is 4.74 Å². The monoisotopic (exact) mass is 242 g/mol. The maximum atomic E-state index is 11.6. The van der Waals surface area contributed by atoms with Gasteiger partial charge in [0.15, 0.2) is 6.10 Å². The Hall–Kier alpha value is -2.13. The van der Waals surface area contributed by atoms with Gasteiger partial charge < -0.3 is 9.84 Å². The van der Waals surface area contributed by atoms with Gasteiger partial charge in [0.25, 0.3) is 0 Å². The first-order chi connectivity index (χ1) is 8.77. The summed E-state index contributed by atoms with van der Waals surface area (Å²) in [7, 11) is 0. The van der Waals surface area contributed by atoms with Crippen molar-refractivity contribution in [3.8, 4) is 0 Å². The fourth-order valence-electron chi connectivity index (χ4n) is 1.58. The number of benzene rings is 2. The second-order valence-electron chi connectivity index (χ2n) is 3.91. The average molecular weight is 242 g/mol. The number of carbonyl (C=O) groups is 1. The molecule has 1 atom stereocenters. The van der Waals surface area contributed by atoms with Gasteiger partial charge in [-0.25, -0.2) is 4.79 Å². The van der Waals surface area contributed by atoms with E-state index < -0.39 is 12.1 Å². The molecular weight excluding hydrogens is 228 g/mol. The van der Waals surface area contributed by atoms with Crippen LogP contribution in [0.25, 0.3) is 0 Å². The van der Waals surface area contributed by atoms with E-state index in [1.807, 2.05) is 36.4 Å². The van der Waals surface area contributed by atoms with E-state index in [0.717, 1.165) is 5.56 Å². The molecule has 1 N–H and O–H groups in total. The lowest BCUT2D eigenvalue weighted by Gasteiger charge is -2.10. The molecule has 2 aromatic carbocycles. The molecule has 0 radical (unpaired) electrons. The fourth-order valence-corrected chi connectivity index (χ4v) is 1.58. The van der Waals surface area contributed by atoms with E-state index in [9.17, 15) is 9.90 Å². The Balaban J connectivity index is 1.93. The minimum atomic E-state index is -1.23. The van der Waals surface area contributed by atoms with Crippen LogP contribution in [0.3, 0.4) is 0 Å². The van der Waals surface area contributed by atoms with Crippen LogP contribution in [0.2, 0.25) is 0 Å². The van der Waals surface area contributed by atoms with E-state index in [-0.39, 0.29) is 6.61 Å². The lowest BCUT2D eigenvalue weighted by Crippen LogP contribution is -2.15. The molecular formula is C15H14O3. The number of aliphatic hydroxyl groups is 1. The third-order valence-electron chi connectivity index (χ3n) is 2.56. The molecule has 0 heterocycles. The van der Waals surface area contributed by atoms with Crippen LogP contribution >= 0.6 is 0 Å². The summed E-state index contributed by atoms with van der Waals surface area (Å²) in [4.78, 5) is 11.6. The van der Waals surface area contributed by atoms with Crippen molar-refractivity contribution in [3.05, 3.63) is 71.8 Å². The van der Waals surface area contributed by atoms with Crippen LogP contribution in [0, 0.1) is 0 Å². The summed E-state index contributed by atoms with van der Waals surface area (Å²) in [5, 5.41) is 9.79. The first-order valence-corrected chi connectivity index (χ1v) is 5.71. The molecule has 92 valence electrons. The summed E-state index contributed by atoms with van der Waals surface area (Å²) in [6.45, 7) is 0.170. The van der Waals surface area contributed by atoms with Crippen molar-refractivity contribution in [1.82, 2.24) is 0 Å². The Morgan fingerprint density at radius 2 is 1.56 bits per heavy atom. The molecule has 3 heteroatoms. The summed E-state index contributed by atoms with van der Waals surface area (Å²) in [5.74, 6) is -0.634. The zero-order valence-electron chi connectivity index (χ0n) is 9.82. The van der Waals surface area contributed by atoms with Gasteiger partial charge in [-0.2, -0.15) is 0 Å². The number of carbonyl (C=O) groups excluding carboxylic acids is 1. The second-order valence-corrected chi connectivity index (χ2v) is 3.91. The number of hydrogen-bond donors (Lipinski definition) is 1. The molecule has 0 aliphatic rings. The van der Waals surface area contributed by atoms with Crippen molar-refractivity contribution in [2.24, 2.45) is 0 Å². The second kappa shape index (κ2) is 5.98. The lowest BCUT2D eigenvalue weighted by atomic mass is 10.1. The number of aliphatic hydroxyl groups excluding tert-OH is 1. The van der Waals surface area contributed by atoms with Crippen LogP contribution in [0.1, 0.15) is 17.2 Å². The zero-order chi connectivity index (χ0) is 12.8. The van der Waals surface area contributed by atoms with Gasteiger partial charge in [-0.15, -0.1) is 0 Å². The first-order valence-electron chi connectivity index (χ1n) is 5.71. The smallest absolute Gasteiger partial charge is 0.339 e. The molecule has 0 amide bonds.